The zero-order chi connectivity index (χ0) is 16.2. The summed E-state index contributed by atoms with van der Waals surface area (Å²) in [5.74, 6) is 0.211. The number of para-hydroxylation sites is 1. The number of rotatable bonds is 3. The summed E-state index contributed by atoms with van der Waals surface area (Å²) in [6.45, 7) is 0.449. The number of hydrogen-bond donors (Lipinski definition) is 2. The van der Waals surface area contributed by atoms with Crippen LogP contribution in [-0.2, 0) is 6.54 Å². The number of amides is 2. The molecule has 0 aliphatic carbocycles. The van der Waals surface area contributed by atoms with E-state index in [4.69, 9.17) is 0 Å². The molecule has 1 aromatic heterocycles. The van der Waals surface area contributed by atoms with Crippen LogP contribution in [0.15, 0.2) is 60.8 Å². The average Bonchev–Trinajstić information content (AvgIpc) is 2.57. The summed E-state index contributed by atoms with van der Waals surface area (Å²) >= 11 is 0. The second kappa shape index (κ2) is 6.36. The number of phenolic OH excluding ortho intramolecular Hbond substituents is 1. The zero-order valence-electron chi connectivity index (χ0n) is 12.7. The zero-order valence-corrected chi connectivity index (χ0v) is 12.7. The topological polar surface area (TPSA) is 65.5 Å². The van der Waals surface area contributed by atoms with Crippen LogP contribution in [0.2, 0.25) is 0 Å². The molecule has 0 unspecified atom stereocenters. The van der Waals surface area contributed by atoms with Gasteiger partial charge < -0.3 is 15.3 Å². The molecule has 3 rings (SSSR count). The fraction of sp³-hybridized carbons (Fsp3) is 0.111. The molecular formula is C18H17N3O2. The lowest BCUT2D eigenvalue weighted by Gasteiger charge is -2.18. The first kappa shape index (κ1) is 14.8. The quantitative estimate of drug-likeness (QED) is 0.777. The van der Waals surface area contributed by atoms with E-state index < -0.39 is 0 Å². The molecule has 0 saturated heterocycles. The Balaban J connectivity index is 1.74. The van der Waals surface area contributed by atoms with Crippen LogP contribution in [0, 0.1) is 0 Å². The van der Waals surface area contributed by atoms with Crippen LogP contribution >= 0.6 is 0 Å². The van der Waals surface area contributed by atoms with E-state index in [1.54, 1.807) is 42.4 Å². The Labute approximate surface area is 134 Å². The van der Waals surface area contributed by atoms with Crippen molar-refractivity contribution in [3.05, 3.63) is 66.4 Å². The Hall–Kier alpha value is -3.08. The van der Waals surface area contributed by atoms with Crippen LogP contribution in [0.4, 0.5) is 10.5 Å². The highest BCUT2D eigenvalue weighted by Crippen LogP contribution is 2.21. The minimum absolute atomic E-state index is 0.211. The summed E-state index contributed by atoms with van der Waals surface area (Å²) in [6, 6.07) is 16.1. The molecule has 0 saturated carbocycles. The number of anilines is 1. The smallest absolute Gasteiger partial charge is 0.321 e. The van der Waals surface area contributed by atoms with Gasteiger partial charge in [-0.1, -0.05) is 30.3 Å². The summed E-state index contributed by atoms with van der Waals surface area (Å²) in [7, 11) is 1.72. The van der Waals surface area contributed by atoms with Gasteiger partial charge in [-0.25, -0.2) is 4.79 Å². The largest absolute Gasteiger partial charge is 0.508 e. The van der Waals surface area contributed by atoms with Crippen molar-refractivity contribution in [3.8, 4) is 5.75 Å². The lowest BCUT2D eigenvalue weighted by Crippen LogP contribution is -2.30. The Bertz CT molecular complexity index is 826. The SMILES string of the molecule is CN(Cc1ccc(O)cc1)C(=O)Nc1cccc2cccnc12. The summed E-state index contributed by atoms with van der Waals surface area (Å²) in [5, 5.41) is 13.2. The molecule has 0 fully saturated rings. The molecule has 1 heterocycles. The van der Waals surface area contributed by atoms with Gasteiger partial charge in [-0.15, -0.1) is 0 Å². The Morgan fingerprint density at radius 2 is 1.87 bits per heavy atom. The maximum atomic E-state index is 12.4. The highest BCUT2D eigenvalue weighted by atomic mass is 16.3. The highest BCUT2D eigenvalue weighted by Gasteiger charge is 2.11. The molecule has 23 heavy (non-hydrogen) atoms. The number of carbonyl (C=O) groups is 1. The van der Waals surface area contributed by atoms with Crippen molar-refractivity contribution in [2.75, 3.05) is 12.4 Å². The number of aromatic hydroxyl groups is 1. The van der Waals surface area contributed by atoms with Crippen LogP contribution in [0.3, 0.4) is 0 Å². The van der Waals surface area contributed by atoms with E-state index in [-0.39, 0.29) is 11.8 Å². The molecule has 5 heteroatoms. The predicted octanol–water partition coefficient (Wildman–Crippen LogP) is 3.60. The Kier molecular flexibility index (Phi) is 4.10. The van der Waals surface area contributed by atoms with Gasteiger partial charge in [-0.3, -0.25) is 4.98 Å². The maximum absolute atomic E-state index is 12.4. The minimum Gasteiger partial charge on any atom is -0.508 e. The van der Waals surface area contributed by atoms with Gasteiger partial charge >= 0.3 is 6.03 Å². The van der Waals surface area contributed by atoms with E-state index in [1.807, 2.05) is 30.3 Å². The van der Waals surface area contributed by atoms with Crippen molar-refractivity contribution in [2.24, 2.45) is 0 Å². The summed E-state index contributed by atoms with van der Waals surface area (Å²) in [4.78, 5) is 18.3. The van der Waals surface area contributed by atoms with E-state index in [1.165, 1.54) is 0 Å². The van der Waals surface area contributed by atoms with Crippen LogP contribution < -0.4 is 5.32 Å². The number of nitrogens with zero attached hydrogens (tertiary/aromatic N) is 2. The summed E-state index contributed by atoms with van der Waals surface area (Å²) < 4.78 is 0. The van der Waals surface area contributed by atoms with Crippen molar-refractivity contribution in [1.82, 2.24) is 9.88 Å². The molecule has 116 valence electrons. The summed E-state index contributed by atoms with van der Waals surface area (Å²) in [6.07, 6.45) is 1.71. The normalized spacial score (nSPS) is 10.5. The van der Waals surface area contributed by atoms with Gasteiger partial charge in [0, 0.05) is 25.2 Å². The highest BCUT2D eigenvalue weighted by molar-refractivity contribution is 5.99. The number of benzene rings is 2. The van der Waals surface area contributed by atoms with E-state index >= 15 is 0 Å². The molecule has 2 N–H and O–H groups in total. The first-order valence-electron chi connectivity index (χ1n) is 7.27. The molecule has 0 radical (unpaired) electrons. The summed E-state index contributed by atoms with van der Waals surface area (Å²) in [5.41, 5.74) is 2.39. The molecule has 5 nitrogen and oxygen atoms in total. The molecule has 0 aliphatic rings. The van der Waals surface area contributed by atoms with Gasteiger partial charge in [0.05, 0.1) is 11.2 Å². The third kappa shape index (κ3) is 3.40. The van der Waals surface area contributed by atoms with Crippen molar-refractivity contribution < 1.29 is 9.90 Å². The fourth-order valence-corrected chi connectivity index (χ4v) is 2.36. The molecule has 0 atom stereocenters. The van der Waals surface area contributed by atoms with E-state index in [0.717, 1.165) is 16.5 Å². The Morgan fingerprint density at radius 1 is 1.13 bits per heavy atom. The number of pyridine rings is 1. The van der Waals surface area contributed by atoms with Gasteiger partial charge in [0.15, 0.2) is 0 Å². The van der Waals surface area contributed by atoms with E-state index in [2.05, 4.69) is 10.3 Å². The van der Waals surface area contributed by atoms with Crippen LogP contribution in [0.5, 0.6) is 5.75 Å². The number of nitrogens with one attached hydrogen (secondary N) is 1. The standard InChI is InChI=1S/C18H17N3O2/c1-21(12-13-7-9-15(22)10-8-13)18(23)20-16-6-2-4-14-5-3-11-19-17(14)16/h2-11,22H,12H2,1H3,(H,20,23). The van der Waals surface area contributed by atoms with Gasteiger partial charge in [0.1, 0.15) is 5.75 Å². The molecule has 0 spiro atoms. The van der Waals surface area contributed by atoms with E-state index in [9.17, 15) is 9.90 Å². The second-order valence-corrected chi connectivity index (χ2v) is 5.33. The van der Waals surface area contributed by atoms with Gasteiger partial charge in [-0.2, -0.15) is 0 Å². The number of urea groups is 1. The second-order valence-electron chi connectivity index (χ2n) is 5.33. The molecule has 3 aromatic rings. The van der Waals surface area contributed by atoms with Gasteiger partial charge in [-0.05, 0) is 29.8 Å². The lowest BCUT2D eigenvalue weighted by atomic mass is 10.2. The van der Waals surface area contributed by atoms with Gasteiger partial charge in [0.2, 0.25) is 0 Å². The number of carbonyl (C=O) groups excluding carboxylic acids is 1. The molecular weight excluding hydrogens is 290 g/mol. The third-order valence-electron chi connectivity index (χ3n) is 3.58. The number of aromatic nitrogens is 1. The van der Waals surface area contributed by atoms with Crippen molar-refractivity contribution in [2.45, 2.75) is 6.54 Å². The number of phenols is 1. The first-order valence-corrected chi connectivity index (χ1v) is 7.27. The van der Waals surface area contributed by atoms with Gasteiger partial charge in [0.25, 0.3) is 0 Å². The number of fused-ring (bicyclic) bond motifs is 1. The molecule has 0 aliphatic heterocycles. The van der Waals surface area contributed by atoms with Crippen molar-refractivity contribution >= 4 is 22.6 Å². The van der Waals surface area contributed by atoms with Crippen LogP contribution in [0.1, 0.15) is 5.56 Å². The van der Waals surface area contributed by atoms with Crippen molar-refractivity contribution in [1.29, 1.82) is 0 Å². The monoisotopic (exact) mass is 307 g/mol. The predicted molar refractivity (Wildman–Crippen MR) is 90.3 cm³/mol. The fourth-order valence-electron chi connectivity index (χ4n) is 2.36. The minimum atomic E-state index is -0.212. The molecule has 2 aromatic carbocycles. The van der Waals surface area contributed by atoms with Crippen LogP contribution in [0.25, 0.3) is 10.9 Å². The van der Waals surface area contributed by atoms with E-state index in [0.29, 0.717) is 12.2 Å². The first-order chi connectivity index (χ1) is 11.1. The van der Waals surface area contributed by atoms with Crippen molar-refractivity contribution in [3.63, 3.8) is 0 Å². The Morgan fingerprint density at radius 3 is 2.65 bits per heavy atom. The number of hydrogen-bond acceptors (Lipinski definition) is 3. The third-order valence-corrected chi connectivity index (χ3v) is 3.58. The lowest BCUT2D eigenvalue weighted by molar-refractivity contribution is 0.220. The maximum Gasteiger partial charge on any atom is 0.321 e. The van der Waals surface area contributed by atoms with Crippen LogP contribution in [-0.4, -0.2) is 28.1 Å². The average molecular weight is 307 g/mol. The molecule has 2 amide bonds. The molecule has 0 bridgehead atoms.